The van der Waals surface area contributed by atoms with Crippen molar-refractivity contribution in [1.29, 1.82) is 0 Å². The van der Waals surface area contributed by atoms with Gasteiger partial charge in [-0.25, -0.2) is 17.5 Å². The molecule has 0 unspecified atom stereocenters. The van der Waals surface area contributed by atoms with Crippen molar-refractivity contribution in [2.45, 2.75) is 45.1 Å². The van der Waals surface area contributed by atoms with Gasteiger partial charge in [-0.1, -0.05) is 13.8 Å². The summed E-state index contributed by atoms with van der Waals surface area (Å²) in [6.45, 7) is 6.53. The summed E-state index contributed by atoms with van der Waals surface area (Å²) in [6.07, 6.45) is 3.91. The minimum absolute atomic E-state index is 0.106. The number of hydrogen-bond acceptors (Lipinski definition) is 4. The van der Waals surface area contributed by atoms with E-state index in [1.807, 2.05) is 6.92 Å². The van der Waals surface area contributed by atoms with Crippen LogP contribution in [-0.2, 0) is 16.6 Å². The maximum atomic E-state index is 14.3. The molecule has 152 valence electrons. The van der Waals surface area contributed by atoms with Crippen LogP contribution in [0.15, 0.2) is 29.3 Å². The van der Waals surface area contributed by atoms with E-state index < -0.39 is 21.7 Å². The molecular weight excluding hydrogens is 383 g/mol. The number of sulfonamides is 1. The summed E-state index contributed by atoms with van der Waals surface area (Å²) < 4.78 is 42.7. The molecule has 28 heavy (non-hydrogen) atoms. The lowest BCUT2D eigenvalue weighted by Crippen LogP contribution is -2.31. The van der Waals surface area contributed by atoms with Crippen LogP contribution in [0.4, 0.5) is 10.2 Å². The molecule has 0 saturated heterocycles. The van der Waals surface area contributed by atoms with Crippen LogP contribution in [-0.4, -0.2) is 41.5 Å². The highest BCUT2D eigenvalue weighted by Gasteiger charge is 2.26. The lowest BCUT2D eigenvalue weighted by atomic mass is 10.2. The first kappa shape index (κ1) is 20.5. The molecule has 1 aromatic carbocycles. The number of halogens is 1. The zero-order valence-corrected chi connectivity index (χ0v) is 17.1. The number of aromatic nitrogens is 2. The monoisotopic (exact) mass is 408 g/mol. The number of aryl methyl sites for hydroxylation is 1. The number of amides is 1. The van der Waals surface area contributed by atoms with Gasteiger partial charge in [0.1, 0.15) is 11.6 Å². The zero-order valence-electron chi connectivity index (χ0n) is 16.3. The lowest BCUT2D eigenvalue weighted by molar-refractivity contribution is 0.102. The molecule has 7 nitrogen and oxygen atoms in total. The Morgan fingerprint density at radius 1 is 1.32 bits per heavy atom. The van der Waals surface area contributed by atoms with Crippen LogP contribution in [0, 0.1) is 18.7 Å². The molecule has 1 aliphatic carbocycles. The number of carbonyl (C=O) groups excluding carboxylic acids is 1. The quantitative estimate of drug-likeness (QED) is 0.728. The van der Waals surface area contributed by atoms with Gasteiger partial charge in [-0.2, -0.15) is 9.40 Å². The number of benzene rings is 1. The third kappa shape index (κ3) is 4.10. The van der Waals surface area contributed by atoms with Gasteiger partial charge in [0.2, 0.25) is 10.0 Å². The molecule has 1 saturated carbocycles. The Bertz CT molecular complexity index is 979. The zero-order chi connectivity index (χ0) is 20.5. The first-order valence-corrected chi connectivity index (χ1v) is 10.8. The number of anilines is 1. The molecule has 9 heteroatoms. The summed E-state index contributed by atoms with van der Waals surface area (Å²) in [5.74, 6) is -0.417. The minimum Gasteiger partial charge on any atom is -0.306 e. The maximum absolute atomic E-state index is 14.3. The topological polar surface area (TPSA) is 84.3 Å². The van der Waals surface area contributed by atoms with Gasteiger partial charge in [0.15, 0.2) is 0 Å². The molecule has 1 amide bonds. The van der Waals surface area contributed by atoms with E-state index in [9.17, 15) is 17.6 Å². The summed E-state index contributed by atoms with van der Waals surface area (Å²) in [5, 5.41) is 6.97. The summed E-state index contributed by atoms with van der Waals surface area (Å²) in [4.78, 5) is 12.6. The molecule has 1 aromatic heterocycles. The van der Waals surface area contributed by atoms with Crippen LogP contribution in [0.1, 0.15) is 42.6 Å². The predicted molar refractivity (Wildman–Crippen MR) is 104 cm³/mol. The Balaban J connectivity index is 1.89. The van der Waals surface area contributed by atoms with E-state index in [2.05, 4.69) is 10.4 Å². The largest absolute Gasteiger partial charge is 0.306 e. The van der Waals surface area contributed by atoms with Crippen molar-refractivity contribution in [2.75, 3.05) is 18.4 Å². The molecule has 0 aliphatic heterocycles. The van der Waals surface area contributed by atoms with E-state index in [-0.39, 0.29) is 23.5 Å². The Morgan fingerprint density at radius 3 is 2.61 bits per heavy atom. The minimum atomic E-state index is -3.79. The molecule has 0 radical (unpaired) electrons. The van der Waals surface area contributed by atoms with Crippen LogP contribution in [0.3, 0.4) is 0 Å². The van der Waals surface area contributed by atoms with Crippen molar-refractivity contribution >= 4 is 21.7 Å². The van der Waals surface area contributed by atoms with Crippen molar-refractivity contribution in [3.05, 3.63) is 41.3 Å². The SMILES string of the molecule is CCN(CC)S(=O)(=O)c1ccc(F)c(C(=O)Nc2c(C)cnn2CC2CC2)c1. The fraction of sp³-hybridized carbons (Fsp3) is 0.474. The fourth-order valence-corrected chi connectivity index (χ4v) is 4.54. The summed E-state index contributed by atoms with van der Waals surface area (Å²) in [5.41, 5.74) is 0.452. The van der Waals surface area contributed by atoms with E-state index in [0.717, 1.165) is 30.5 Å². The highest BCUT2D eigenvalue weighted by Crippen LogP contribution is 2.32. The van der Waals surface area contributed by atoms with E-state index in [1.54, 1.807) is 24.7 Å². The number of carbonyl (C=O) groups is 1. The summed E-state index contributed by atoms with van der Waals surface area (Å²) >= 11 is 0. The van der Waals surface area contributed by atoms with Gasteiger partial charge >= 0.3 is 0 Å². The van der Waals surface area contributed by atoms with Gasteiger partial charge in [0.05, 0.1) is 16.7 Å². The summed E-state index contributed by atoms with van der Waals surface area (Å²) in [6, 6.07) is 3.29. The van der Waals surface area contributed by atoms with Crippen LogP contribution in [0.5, 0.6) is 0 Å². The Kier molecular flexibility index (Phi) is 5.85. The number of hydrogen-bond donors (Lipinski definition) is 1. The van der Waals surface area contributed by atoms with E-state index in [1.165, 1.54) is 10.4 Å². The van der Waals surface area contributed by atoms with Crippen LogP contribution >= 0.6 is 0 Å². The second-order valence-electron chi connectivity index (χ2n) is 6.99. The van der Waals surface area contributed by atoms with Gasteiger partial charge < -0.3 is 5.32 Å². The van der Waals surface area contributed by atoms with Gasteiger partial charge in [0, 0.05) is 25.2 Å². The number of nitrogens with zero attached hydrogens (tertiary/aromatic N) is 3. The second kappa shape index (κ2) is 8.00. The van der Waals surface area contributed by atoms with Gasteiger partial charge in [-0.05, 0) is 43.9 Å². The third-order valence-corrected chi connectivity index (χ3v) is 6.95. The molecule has 2 aromatic rings. The fourth-order valence-electron chi connectivity index (χ4n) is 3.05. The Hall–Kier alpha value is -2.26. The van der Waals surface area contributed by atoms with E-state index in [0.29, 0.717) is 18.3 Å². The molecule has 1 fully saturated rings. The predicted octanol–water partition coefficient (Wildman–Crippen LogP) is 3.02. The van der Waals surface area contributed by atoms with Crippen molar-refractivity contribution in [3.63, 3.8) is 0 Å². The first-order valence-electron chi connectivity index (χ1n) is 9.41. The highest BCUT2D eigenvalue weighted by molar-refractivity contribution is 7.89. The smallest absolute Gasteiger partial charge is 0.259 e. The second-order valence-corrected chi connectivity index (χ2v) is 8.92. The van der Waals surface area contributed by atoms with Gasteiger partial charge in [-0.3, -0.25) is 4.79 Å². The maximum Gasteiger partial charge on any atom is 0.259 e. The van der Waals surface area contributed by atoms with Crippen LogP contribution < -0.4 is 5.32 Å². The molecule has 1 heterocycles. The molecule has 0 spiro atoms. The Labute approximate surface area is 164 Å². The van der Waals surface area contributed by atoms with E-state index in [4.69, 9.17) is 0 Å². The molecule has 1 aliphatic rings. The standard InChI is InChI=1S/C19H25FN4O3S/c1-4-23(5-2)28(26,27)15-8-9-17(20)16(10-15)19(25)22-18-13(3)11-21-24(18)12-14-6-7-14/h8-11,14H,4-7,12H2,1-3H3,(H,22,25). The van der Waals surface area contributed by atoms with Gasteiger partial charge in [-0.15, -0.1) is 0 Å². The summed E-state index contributed by atoms with van der Waals surface area (Å²) in [7, 11) is -3.79. The normalized spacial score (nSPS) is 14.5. The number of rotatable bonds is 8. The molecule has 0 bridgehead atoms. The van der Waals surface area contributed by atoms with Crippen LogP contribution in [0.25, 0.3) is 0 Å². The molecular formula is C19H25FN4O3S. The van der Waals surface area contributed by atoms with E-state index >= 15 is 0 Å². The van der Waals surface area contributed by atoms with Crippen molar-refractivity contribution < 1.29 is 17.6 Å². The van der Waals surface area contributed by atoms with Crippen LogP contribution in [0.2, 0.25) is 0 Å². The third-order valence-electron chi connectivity index (χ3n) is 4.91. The number of nitrogens with one attached hydrogen (secondary N) is 1. The van der Waals surface area contributed by atoms with Gasteiger partial charge in [0.25, 0.3) is 5.91 Å². The first-order chi connectivity index (χ1) is 13.3. The molecule has 0 atom stereocenters. The Morgan fingerprint density at radius 2 is 2.00 bits per heavy atom. The highest BCUT2D eigenvalue weighted by atomic mass is 32.2. The average Bonchev–Trinajstić information content (AvgIpc) is 3.41. The van der Waals surface area contributed by atoms with Crippen molar-refractivity contribution in [2.24, 2.45) is 5.92 Å². The van der Waals surface area contributed by atoms with Crippen molar-refractivity contribution in [1.82, 2.24) is 14.1 Å². The molecule has 3 rings (SSSR count). The molecule has 1 N–H and O–H groups in total. The van der Waals surface area contributed by atoms with Crippen molar-refractivity contribution in [3.8, 4) is 0 Å². The average molecular weight is 408 g/mol. The lowest BCUT2D eigenvalue weighted by Gasteiger charge is -2.19.